The number of carbonyl (C=O) groups excluding carboxylic acids is 3. The van der Waals surface area contributed by atoms with E-state index in [0.717, 1.165) is 64.2 Å². The van der Waals surface area contributed by atoms with Gasteiger partial charge in [0, 0.05) is 19.4 Å². The second-order valence-electron chi connectivity index (χ2n) is 13.8. The summed E-state index contributed by atoms with van der Waals surface area (Å²) in [4.78, 5) is 36.8. The third kappa shape index (κ3) is 36.9. The van der Waals surface area contributed by atoms with Crippen LogP contribution in [0.3, 0.4) is 0 Å². The molecule has 0 aliphatic heterocycles. The highest BCUT2D eigenvalue weighted by atomic mass is 16.6. The fraction of sp³-hybridized carbons (Fsp3) is 0.833. The van der Waals surface area contributed by atoms with Crippen molar-refractivity contribution in [3.63, 3.8) is 0 Å². The van der Waals surface area contributed by atoms with Crippen LogP contribution in [0.15, 0.2) is 24.3 Å². The Morgan fingerprint density at radius 1 is 0.540 bits per heavy atom. The summed E-state index contributed by atoms with van der Waals surface area (Å²) in [6, 6.07) is 0. The van der Waals surface area contributed by atoms with Gasteiger partial charge >= 0.3 is 18.0 Å². The molecule has 1 amide bonds. The normalized spacial score (nSPS) is 12.1. The van der Waals surface area contributed by atoms with Crippen LogP contribution in [0.4, 0.5) is 4.79 Å². The molecule has 0 bridgehead atoms. The monoisotopic (exact) mass is 707 g/mol. The Morgan fingerprint density at radius 2 is 0.940 bits per heavy atom. The standard InChI is InChI=1S/C42H78N2O6/c1-3-5-7-9-11-13-15-17-19-21-23-25-27-29-31-33-40(45)49-38-39(37-44-42(47)48-36-35-43)50-41(46)34-32-30-28-26-24-22-20-18-16-14-12-10-8-6-4-2/h17-20,39H,3-16,21-38,43H2,1-2H3,(H,44,47). The van der Waals surface area contributed by atoms with Crippen LogP contribution >= 0.6 is 0 Å². The molecule has 0 spiro atoms. The van der Waals surface area contributed by atoms with E-state index in [2.05, 4.69) is 43.5 Å². The number of nitrogens with one attached hydrogen (secondary N) is 1. The Hall–Kier alpha value is -2.35. The molecule has 0 saturated heterocycles. The largest absolute Gasteiger partial charge is 0.462 e. The molecule has 0 aromatic carbocycles. The molecule has 0 heterocycles. The van der Waals surface area contributed by atoms with Crippen LogP contribution in [0.2, 0.25) is 0 Å². The second kappa shape index (κ2) is 39.4. The summed E-state index contributed by atoms with van der Waals surface area (Å²) >= 11 is 0. The maximum atomic E-state index is 12.5. The van der Waals surface area contributed by atoms with Gasteiger partial charge in [-0.1, -0.05) is 141 Å². The van der Waals surface area contributed by atoms with Crippen molar-refractivity contribution in [2.24, 2.45) is 5.73 Å². The van der Waals surface area contributed by atoms with E-state index >= 15 is 0 Å². The van der Waals surface area contributed by atoms with E-state index in [1.807, 2.05) is 0 Å². The number of allylic oxidation sites excluding steroid dienone is 4. The van der Waals surface area contributed by atoms with E-state index < -0.39 is 12.2 Å². The van der Waals surface area contributed by atoms with E-state index in [1.165, 1.54) is 103 Å². The molecule has 0 aromatic rings. The first kappa shape index (κ1) is 47.7. The third-order valence-electron chi connectivity index (χ3n) is 8.84. The number of hydrogen-bond acceptors (Lipinski definition) is 7. The van der Waals surface area contributed by atoms with Crippen molar-refractivity contribution in [2.45, 2.75) is 200 Å². The molecule has 292 valence electrons. The van der Waals surface area contributed by atoms with Crippen molar-refractivity contribution >= 4 is 18.0 Å². The number of carbonyl (C=O) groups is 3. The first-order valence-electron chi connectivity index (χ1n) is 20.8. The van der Waals surface area contributed by atoms with Crippen LogP contribution in [0, 0.1) is 0 Å². The quantitative estimate of drug-likeness (QED) is 0.0286. The van der Waals surface area contributed by atoms with Gasteiger partial charge in [0.2, 0.25) is 0 Å². The lowest BCUT2D eigenvalue weighted by Crippen LogP contribution is -2.38. The van der Waals surface area contributed by atoms with Crippen molar-refractivity contribution in [3.05, 3.63) is 24.3 Å². The number of esters is 2. The first-order chi connectivity index (χ1) is 24.5. The fourth-order valence-corrected chi connectivity index (χ4v) is 5.72. The summed E-state index contributed by atoms with van der Waals surface area (Å²) in [5.74, 6) is -0.662. The van der Waals surface area contributed by atoms with Gasteiger partial charge in [0.15, 0.2) is 6.10 Å². The van der Waals surface area contributed by atoms with Crippen molar-refractivity contribution in [1.29, 1.82) is 0 Å². The summed E-state index contributed by atoms with van der Waals surface area (Å²) in [6.45, 7) is 4.72. The van der Waals surface area contributed by atoms with Crippen LogP contribution in [0.25, 0.3) is 0 Å². The zero-order valence-electron chi connectivity index (χ0n) is 32.5. The lowest BCUT2D eigenvalue weighted by Gasteiger charge is -2.18. The van der Waals surface area contributed by atoms with Crippen LogP contribution < -0.4 is 11.1 Å². The molecule has 0 aromatic heterocycles. The fourth-order valence-electron chi connectivity index (χ4n) is 5.72. The number of nitrogens with two attached hydrogens (primary N) is 1. The molecule has 3 N–H and O–H groups in total. The molecule has 0 saturated carbocycles. The summed E-state index contributed by atoms with van der Waals surface area (Å²) in [7, 11) is 0. The molecule has 50 heavy (non-hydrogen) atoms. The Bertz CT molecular complexity index is 831. The minimum Gasteiger partial charge on any atom is -0.462 e. The number of hydrogen-bond donors (Lipinski definition) is 2. The minimum atomic E-state index is -0.769. The van der Waals surface area contributed by atoms with Gasteiger partial charge < -0.3 is 25.3 Å². The molecule has 1 unspecified atom stereocenters. The van der Waals surface area contributed by atoms with Gasteiger partial charge in [-0.05, 0) is 64.2 Å². The molecular weight excluding hydrogens is 628 g/mol. The Morgan fingerprint density at radius 3 is 1.38 bits per heavy atom. The molecule has 8 heteroatoms. The minimum absolute atomic E-state index is 0.00219. The number of unbranched alkanes of at least 4 members (excludes halogenated alkanes) is 22. The average Bonchev–Trinajstić information content (AvgIpc) is 3.11. The predicted octanol–water partition coefficient (Wildman–Crippen LogP) is 11.2. The lowest BCUT2D eigenvalue weighted by atomic mass is 10.1. The van der Waals surface area contributed by atoms with Crippen molar-refractivity contribution in [2.75, 3.05) is 26.3 Å². The number of alkyl carbamates (subject to hydrolysis) is 1. The van der Waals surface area contributed by atoms with Crippen molar-refractivity contribution in [3.8, 4) is 0 Å². The van der Waals surface area contributed by atoms with Crippen molar-refractivity contribution < 1.29 is 28.6 Å². The molecule has 0 radical (unpaired) electrons. The van der Waals surface area contributed by atoms with Gasteiger partial charge in [0.05, 0.1) is 6.54 Å². The molecule has 1 atom stereocenters. The third-order valence-corrected chi connectivity index (χ3v) is 8.84. The molecule has 0 fully saturated rings. The molecule has 0 rings (SSSR count). The average molecular weight is 707 g/mol. The van der Waals surface area contributed by atoms with E-state index in [-0.39, 0.29) is 38.2 Å². The first-order valence-corrected chi connectivity index (χ1v) is 20.8. The van der Waals surface area contributed by atoms with Gasteiger partial charge in [-0.3, -0.25) is 9.59 Å². The van der Waals surface area contributed by atoms with Crippen LogP contribution in [0.5, 0.6) is 0 Å². The maximum Gasteiger partial charge on any atom is 0.407 e. The van der Waals surface area contributed by atoms with E-state index in [0.29, 0.717) is 12.8 Å². The van der Waals surface area contributed by atoms with E-state index in [1.54, 1.807) is 0 Å². The predicted molar refractivity (Wildman–Crippen MR) is 208 cm³/mol. The highest BCUT2D eigenvalue weighted by Crippen LogP contribution is 2.13. The Balaban J connectivity index is 4.09. The summed E-state index contributed by atoms with van der Waals surface area (Å²) in [5.41, 5.74) is 5.39. The van der Waals surface area contributed by atoms with Crippen molar-refractivity contribution in [1.82, 2.24) is 5.32 Å². The number of ether oxygens (including phenoxy) is 3. The SMILES string of the molecule is CCCCCCCCC=CCCCCCCCC(=O)OCC(CNC(=O)OCCN)OC(=O)CCCCCCCC=CCCCCCCCC. The highest BCUT2D eigenvalue weighted by Gasteiger charge is 2.18. The second-order valence-corrected chi connectivity index (χ2v) is 13.8. The summed E-state index contributed by atoms with van der Waals surface area (Å²) < 4.78 is 15.9. The van der Waals surface area contributed by atoms with Gasteiger partial charge in [0.1, 0.15) is 13.2 Å². The van der Waals surface area contributed by atoms with Gasteiger partial charge in [-0.25, -0.2) is 4.79 Å². The van der Waals surface area contributed by atoms with Crippen LogP contribution in [-0.4, -0.2) is 50.4 Å². The van der Waals surface area contributed by atoms with Crippen LogP contribution in [-0.2, 0) is 23.8 Å². The highest BCUT2D eigenvalue weighted by molar-refractivity contribution is 5.70. The lowest BCUT2D eigenvalue weighted by molar-refractivity contribution is -0.158. The zero-order chi connectivity index (χ0) is 36.6. The smallest absolute Gasteiger partial charge is 0.407 e. The number of amides is 1. The summed E-state index contributed by atoms with van der Waals surface area (Å²) in [6.07, 6.45) is 39.6. The maximum absolute atomic E-state index is 12.5. The molecule has 8 nitrogen and oxygen atoms in total. The molecule has 0 aliphatic carbocycles. The van der Waals surface area contributed by atoms with E-state index in [9.17, 15) is 14.4 Å². The Labute approximate surface area is 307 Å². The molecular formula is C42H78N2O6. The Kier molecular flexibility index (Phi) is 37.6. The summed E-state index contributed by atoms with van der Waals surface area (Å²) in [5, 5.41) is 2.57. The van der Waals surface area contributed by atoms with Crippen LogP contribution in [0.1, 0.15) is 194 Å². The number of rotatable bonds is 37. The zero-order valence-corrected chi connectivity index (χ0v) is 32.5. The van der Waals surface area contributed by atoms with Gasteiger partial charge in [-0.2, -0.15) is 0 Å². The van der Waals surface area contributed by atoms with Gasteiger partial charge in [0.25, 0.3) is 0 Å². The molecule has 0 aliphatic rings. The van der Waals surface area contributed by atoms with Gasteiger partial charge in [-0.15, -0.1) is 0 Å². The topological polar surface area (TPSA) is 117 Å². The van der Waals surface area contributed by atoms with E-state index in [4.69, 9.17) is 19.9 Å².